The van der Waals surface area contributed by atoms with Crippen LogP contribution in [0.5, 0.6) is 5.75 Å². The molecule has 3 aromatic rings. The van der Waals surface area contributed by atoms with Crippen molar-refractivity contribution in [1.82, 2.24) is 19.9 Å². The smallest absolute Gasteiger partial charge is 0.216 e. The van der Waals surface area contributed by atoms with Gasteiger partial charge in [-0.3, -0.25) is 4.98 Å². The van der Waals surface area contributed by atoms with Gasteiger partial charge < -0.3 is 4.74 Å². The van der Waals surface area contributed by atoms with Crippen molar-refractivity contribution in [3.8, 4) is 17.1 Å². The normalized spacial score (nSPS) is 11.0. The predicted octanol–water partition coefficient (Wildman–Crippen LogP) is 3.28. The second kappa shape index (κ2) is 6.97. The molecule has 0 saturated carbocycles. The third kappa shape index (κ3) is 3.51. The SMILES string of the molecule is CCOc1cccc(-c2n[nH]c(=S)n2N=Cc2ccccn2)c1. The van der Waals surface area contributed by atoms with E-state index in [1.807, 2.05) is 49.4 Å². The molecule has 0 spiro atoms. The molecule has 23 heavy (non-hydrogen) atoms. The van der Waals surface area contributed by atoms with Gasteiger partial charge in [-0.2, -0.15) is 14.9 Å². The quantitative estimate of drug-likeness (QED) is 0.577. The number of hydrogen-bond donors (Lipinski definition) is 1. The van der Waals surface area contributed by atoms with Gasteiger partial charge in [-0.05, 0) is 43.4 Å². The first-order valence-corrected chi connectivity index (χ1v) is 7.55. The number of nitrogens with zero attached hydrogens (tertiary/aromatic N) is 4. The topological polar surface area (TPSA) is 68.1 Å². The van der Waals surface area contributed by atoms with Crippen LogP contribution in [0.1, 0.15) is 12.6 Å². The molecule has 7 heteroatoms. The molecule has 0 radical (unpaired) electrons. The van der Waals surface area contributed by atoms with Crippen LogP contribution in [0.4, 0.5) is 0 Å². The first kappa shape index (κ1) is 15.1. The van der Waals surface area contributed by atoms with Gasteiger partial charge in [-0.1, -0.05) is 18.2 Å². The number of ether oxygens (including phenoxy) is 1. The molecule has 2 aromatic heterocycles. The van der Waals surface area contributed by atoms with E-state index in [-0.39, 0.29) is 0 Å². The zero-order valence-electron chi connectivity index (χ0n) is 12.5. The molecule has 1 N–H and O–H groups in total. The van der Waals surface area contributed by atoms with Crippen LogP contribution in [0, 0.1) is 4.77 Å². The third-order valence-electron chi connectivity index (χ3n) is 3.05. The summed E-state index contributed by atoms with van der Waals surface area (Å²) in [4.78, 5) is 4.20. The minimum atomic E-state index is 0.411. The van der Waals surface area contributed by atoms with Crippen molar-refractivity contribution in [3.05, 3.63) is 59.1 Å². The van der Waals surface area contributed by atoms with Crippen LogP contribution in [-0.2, 0) is 0 Å². The number of hydrogen-bond acceptors (Lipinski definition) is 5. The van der Waals surface area contributed by atoms with Crippen LogP contribution in [-0.4, -0.2) is 32.7 Å². The lowest BCUT2D eigenvalue weighted by molar-refractivity contribution is 0.340. The summed E-state index contributed by atoms with van der Waals surface area (Å²) in [5.74, 6) is 1.39. The summed E-state index contributed by atoms with van der Waals surface area (Å²) in [6.07, 6.45) is 3.35. The molecule has 0 amide bonds. The number of aromatic nitrogens is 4. The van der Waals surface area contributed by atoms with E-state index >= 15 is 0 Å². The molecule has 0 aliphatic carbocycles. The van der Waals surface area contributed by atoms with Crippen LogP contribution < -0.4 is 4.74 Å². The molecule has 0 fully saturated rings. The lowest BCUT2D eigenvalue weighted by atomic mass is 10.2. The van der Waals surface area contributed by atoms with Gasteiger partial charge in [0, 0.05) is 11.8 Å². The van der Waals surface area contributed by atoms with E-state index in [2.05, 4.69) is 20.3 Å². The maximum absolute atomic E-state index is 5.52. The van der Waals surface area contributed by atoms with Gasteiger partial charge in [0.1, 0.15) is 5.75 Å². The summed E-state index contributed by atoms with van der Waals surface area (Å²) >= 11 is 5.25. The Kier molecular flexibility index (Phi) is 4.58. The van der Waals surface area contributed by atoms with Gasteiger partial charge in [0.25, 0.3) is 0 Å². The maximum Gasteiger partial charge on any atom is 0.216 e. The minimum absolute atomic E-state index is 0.411. The Morgan fingerprint density at radius 1 is 1.30 bits per heavy atom. The van der Waals surface area contributed by atoms with Crippen molar-refractivity contribution in [2.24, 2.45) is 5.10 Å². The third-order valence-corrected chi connectivity index (χ3v) is 3.31. The van der Waals surface area contributed by atoms with Crippen molar-refractivity contribution < 1.29 is 4.74 Å². The van der Waals surface area contributed by atoms with Crippen LogP contribution in [0.3, 0.4) is 0 Å². The first-order valence-electron chi connectivity index (χ1n) is 7.14. The van der Waals surface area contributed by atoms with Crippen molar-refractivity contribution in [2.75, 3.05) is 6.61 Å². The van der Waals surface area contributed by atoms with Crippen molar-refractivity contribution in [2.45, 2.75) is 6.92 Å². The lowest BCUT2D eigenvalue weighted by Gasteiger charge is -2.05. The Balaban J connectivity index is 1.97. The Bertz CT molecular complexity index is 869. The molecule has 0 aliphatic heterocycles. The standard InChI is InChI=1S/C16H15N5OS/c1-2-22-14-8-5-6-12(10-14)15-19-20-16(23)21(15)18-11-13-7-3-4-9-17-13/h3-11H,2H2,1H3,(H,20,23). The van der Waals surface area contributed by atoms with Gasteiger partial charge >= 0.3 is 0 Å². The maximum atomic E-state index is 5.52. The molecule has 6 nitrogen and oxygen atoms in total. The monoisotopic (exact) mass is 325 g/mol. The molecule has 0 aliphatic rings. The summed E-state index contributed by atoms with van der Waals surface area (Å²) in [5, 5.41) is 11.4. The molecular weight excluding hydrogens is 310 g/mol. The number of aromatic amines is 1. The van der Waals surface area contributed by atoms with Gasteiger partial charge in [-0.15, -0.1) is 0 Å². The fourth-order valence-corrected chi connectivity index (χ4v) is 2.23. The highest BCUT2D eigenvalue weighted by molar-refractivity contribution is 7.71. The zero-order valence-corrected chi connectivity index (χ0v) is 13.3. The summed E-state index contributed by atoms with van der Waals surface area (Å²) in [5.41, 5.74) is 1.60. The van der Waals surface area contributed by atoms with Crippen LogP contribution in [0.15, 0.2) is 53.8 Å². The molecule has 3 rings (SSSR count). The lowest BCUT2D eigenvalue weighted by Crippen LogP contribution is -1.97. The predicted molar refractivity (Wildman–Crippen MR) is 91.2 cm³/mol. The zero-order chi connectivity index (χ0) is 16.1. The minimum Gasteiger partial charge on any atom is -0.494 e. The molecule has 116 valence electrons. The van der Waals surface area contributed by atoms with E-state index in [4.69, 9.17) is 17.0 Å². The fraction of sp³-hybridized carbons (Fsp3) is 0.125. The van der Waals surface area contributed by atoms with Gasteiger partial charge in [0.15, 0.2) is 5.82 Å². The molecule has 0 saturated heterocycles. The van der Waals surface area contributed by atoms with E-state index in [1.54, 1.807) is 17.1 Å². The van der Waals surface area contributed by atoms with E-state index in [1.165, 1.54) is 0 Å². The number of rotatable bonds is 5. The second-order valence-electron chi connectivity index (χ2n) is 4.62. The first-order chi connectivity index (χ1) is 11.3. The molecule has 0 atom stereocenters. The van der Waals surface area contributed by atoms with Crippen LogP contribution >= 0.6 is 12.2 Å². The second-order valence-corrected chi connectivity index (χ2v) is 5.01. The Labute approximate surface area is 138 Å². The Hall–Kier alpha value is -2.80. The van der Waals surface area contributed by atoms with Crippen molar-refractivity contribution >= 4 is 18.4 Å². The molecule has 2 heterocycles. The highest BCUT2D eigenvalue weighted by Gasteiger charge is 2.09. The van der Waals surface area contributed by atoms with Gasteiger partial charge in [0.2, 0.25) is 4.77 Å². The summed E-state index contributed by atoms with van der Waals surface area (Å²) in [7, 11) is 0. The van der Waals surface area contributed by atoms with Gasteiger partial charge in [0.05, 0.1) is 18.5 Å². The van der Waals surface area contributed by atoms with Crippen LogP contribution in [0.25, 0.3) is 11.4 Å². The largest absolute Gasteiger partial charge is 0.494 e. The number of nitrogens with one attached hydrogen (secondary N) is 1. The average molecular weight is 325 g/mol. The highest BCUT2D eigenvalue weighted by atomic mass is 32.1. The average Bonchev–Trinajstić information content (AvgIpc) is 2.95. The summed E-state index contributed by atoms with van der Waals surface area (Å²) in [6, 6.07) is 13.3. The van der Waals surface area contributed by atoms with Crippen molar-refractivity contribution in [3.63, 3.8) is 0 Å². The highest BCUT2D eigenvalue weighted by Crippen LogP contribution is 2.22. The number of H-pyrrole nitrogens is 1. The molecule has 0 unspecified atom stereocenters. The summed E-state index contributed by atoms with van der Waals surface area (Å²) in [6.45, 7) is 2.55. The van der Waals surface area contributed by atoms with E-state index < -0.39 is 0 Å². The molecular formula is C16H15N5OS. The van der Waals surface area contributed by atoms with Gasteiger partial charge in [-0.25, -0.2) is 5.10 Å². The Morgan fingerprint density at radius 3 is 3.00 bits per heavy atom. The molecule has 0 bridgehead atoms. The Morgan fingerprint density at radius 2 is 2.22 bits per heavy atom. The van der Waals surface area contributed by atoms with E-state index in [0.29, 0.717) is 17.2 Å². The number of pyridine rings is 1. The molecule has 1 aromatic carbocycles. The number of benzene rings is 1. The fourth-order valence-electron chi connectivity index (χ4n) is 2.05. The van der Waals surface area contributed by atoms with E-state index in [0.717, 1.165) is 17.0 Å². The van der Waals surface area contributed by atoms with E-state index in [9.17, 15) is 0 Å². The van der Waals surface area contributed by atoms with Crippen LogP contribution in [0.2, 0.25) is 0 Å². The summed E-state index contributed by atoms with van der Waals surface area (Å²) < 4.78 is 7.50. The van der Waals surface area contributed by atoms with Crippen molar-refractivity contribution in [1.29, 1.82) is 0 Å².